The highest BCUT2D eigenvalue weighted by Gasteiger charge is 2.22. The van der Waals surface area contributed by atoms with E-state index in [1.54, 1.807) is 31.2 Å². The summed E-state index contributed by atoms with van der Waals surface area (Å²) in [6, 6.07) is 19.9. The van der Waals surface area contributed by atoms with Crippen molar-refractivity contribution >= 4 is 61.8 Å². The number of pyridine rings is 1. The van der Waals surface area contributed by atoms with Crippen molar-refractivity contribution in [3.8, 4) is 6.07 Å². The maximum atomic E-state index is 12.7. The van der Waals surface area contributed by atoms with E-state index in [0.717, 1.165) is 22.0 Å². The molecule has 164 valence electrons. The van der Waals surface area contributed by atoms with Gasteiger partial charge in [0.05, 0.1) is 26.6 Å². The fourth-order valence-corrected chi connectivity index (χ4v) is 4.69. The zero-order valence-corrected chi connectivity index (χ0v) is 19.0. The van der Waals surface area contributed by atoms with Crippen molar-refractivity contribution in [3.63, 3.8) is 0 Å². The SMILES string of the molecule is CC(Sc1nc(N)c(C(=O)Nc2ccccc2)cc1C#N)C(=O)Nc1nc2ccccc2s1. The molecule has 0 saturated heterocycles. The fraction of sp³-hybridized carbons (Fsp3) is 0.0870. The number of thiazole rings is 1. The molecule has 0 aliphatic rings. The van der Waals surface area contributed by atoms with Crippen LogP contribution in [-0.4, -0.2) is 27.0 Å². The molecule has 0 bridgehead atoms. The summed E-state index contributed by atoms with van der Waals surface area (Å²) in [5, 5.41) is 15.3. The van der Waals surface area contributed by atoms with Crippen molar-refractivity contribution in [2.75, 3.05) is 16.4 Å². The van der Waals surface area contributed by atoms with E-state index in [2.05, 4.69) is 20.6 Å². The number of aromatic nitrogens is 2. The summed E-state index contributed by atoms with van der Waals surface area (Å²) < 4.78 is 0.971. The Balaban J connectivity index is 1.48. The quantitative estimate of drug-likeness (QED) is 0.350. The summed E-state index contributed by atoms with van der Waals surface area (Å²) in [6.07, 6.45) is 0. The first-order valence-corrected chi connectivity index (χ1v) is 11.5. The third-order valence-electron chi connectivity index (χ3n) is 4.60. The summed E-state index contributed by atoms with van der Waals surface area (Å²) in [7, 11) is 0. The minimum absolute atomic E-state index is 0.0243. The number of carbonyl (C=O) groups excluding carboxylic acids is 2. The molecule has 2 aromatic carbocycles. The van der Waals surface area contributed by atoms with Crippen LogP contribution in [0.15, 0.2) is 65.7 Å². The molecule has 0 aliphatic heterocycles. The molecule has 4 rings (SSSR count). The highest BCUT2D eigenvalue weighted by molar-refractivity contribution is 8.00. The first-order valence-electron chi connectivity index (χ1n) is 9.84. The number of anilines is 3. The lowest BCUT2D eigenvalue weighted by Gasteiger charge is -2.13. The lowest BCUT2D eigenvalue weighted by molar-refractivity contribution is -0.115. The molecule has 0 saturated carbocycles. The van der Waals surface area contributed by atoms with Crippen LogP contribution in [-0.2, 0) is 4.79 Å². The Bertz CT molecular complexity index is 1350. The summed E-state index contributed by atoms with van der Waals surface area (Å²) in [4.78, 5) is 33.9. The number of nitrogens with one attached hydrogen (secondary N) is 2. The Morgan fingerprint density at radius 1 is 1.09 bits per heavy atom. The molecule has 4 aromatic rings. The molecule has 2 aromatic heterocycles. The number of carbonyl (C=O) groups is 2. The van der Waals surface area contributed by atoms with Crippen LogP contribution in [0.1, 0.15) is 22.8 Å². The summed E-state index contributed by atoms with van der Waals surface area (Å²) in [6.45, 7) is 1.70. The van der Waals surface area contributed by atoms with Gasteiger partial charge >= 0.3 is 0 Å². The summed E-state index contributed by atoms with van der Waals surface area (Å²) in [5.74, 6) is -0.779. The van der Waals surface area contributed by atoms with E-state index in [1.165, 1.54) is 17.4 Å². The second-order valence-electron chi connectivity index (χ2n) is 6.94. The van der Waals surface area contributed by atoms with Crippen molar-refractivity contribution in [1.29, 1.82) is 5.26 Å². The van der Waals surface area contributed by atoms with Crippen LogP contribution in [0, 0.1) is 11.3 Å². The van der Waals surface area contributed by atoms with Crippen LogP contribution >= 0.6 is 23.1 Å². The second-order valence-corrected chi connectivity index (χ2v) is 9.30. The molecule has 0 aliphatic carbocycles. The number of nitrogens with two attached hydrogens (primary N) is 1. The smallest absolute Gasteiger partial charge is 0.259 e. The highest BCUT2D eigenvalue weighted by atomic mass is 32.2. The first kappa shape index (κ1) is 22.3. The Labute approximate surface area is 197 Å². The Kier molecular flexibility index (Phi) is 6.53. The number of nitrogens with zero attached hydrogens (tertiary/aromatic N) is 3. The van der Waals surface area contributed by atoms with Gasteiger partial charge in [0, 0.05) is 5.69 Å². The molecule has 8 nitrogen and oxygen atoms in total. The number of nitrogen functional groups attached to an aromatic ring is 1. The lowest BCUT2D eigenvalue weighted by Crippen LogP contribution is -2.23. The van der Waals surface area contributed by atoms with Gasteiger partial charge in [0.25, 0.3) is 5.91 Å². The molecule has 2 amide bonds. The van der Waals surface area contributed by atoms with E-state index < -0.39 is 11.2 Å². The van der Waals surface area contributed by atoms with E-state index in [0.29, 0.717) is 10.8 Å². The van der Waals surface area contributed by atoms with Gasteiger partial charge in [0.15, 0.2) is 5.13 Å². The minimum Gasteiger partial charge on any atom is -0.383 e. The van der Waals surface area contributed by atoms with E-state index >= 15 is 0 Å². The largest absolute Gasteiger partial charge is 0.383 e. The Hall–Kier alpha value is -3.94. The van der Waals surface area contributed by atoms with Crippen LogP contribution in [0.3, 0.4) is 0 Å². The normalized spacial score (nSPS) is 11.5. The minimum atomic E-state index is -0.583. The third kappa shape index (κ3) is 5.11. The molecule has 0 fully saturated rings. The number of hydrogen-bond donors (Lipinski definition) is 3. The van der Waals surface area contributed by atoms with Crippen molar-refractivity contribution < 1.29 is 9.59 Å². The van der Waals surface area contributed by atoms with Crippen LogP contribution in [0.4, 0.5) is 16.6 Å². The number of amides is 2. The molecular formula is C23H18N6O2S2. The van der Waals surface area contributed by atoms with Crippen molar-refractivity contribution in [3.05, 3.63) is 71.8 Å². The number of para-hydroxylation sites is 2. The maximum absolute atomic E-state index is 12.7. The van der Waals surface area contributed by atoms with Gasteiger partial charge in [-0.2, -0.15) is 5.26 Å². The molecule has 1 unspecified atom stereocenters. The van der Waals surface area contributed by atoms with Gasteiger partial charge in [-0.25, -0.2) is 9.97 Å². The van der Waals surface area contributed by atoms with E-state index in [1.807, 2.05) is 36.4 Å². The van der Waals surface area contributed by atoms with Crippen molar-refractivity contribution in [2.24, 2.45) is 0 Å². The number of thioether (sulfide) groups is 1. The lowest BCUT2D eigenvalue weighted by atomic mass is 10.2. The van der Waals surface area contributed by atoms with Crippen molar-refractivity contribution in [2.45, 2.75) is 17.2 Å². The topological polar surface area (TPSA) is 134 Å². The Morgan fingerprint density at radius 3 is 2.55 bits per heavy atom. The molecule has 1 atom stereocenters. The van der Waals surface area contributed by atoms with Gasteiger partial charge in [-0.15, -0.1) is 0 Å². The van der Waals surface area contributed by atoms with Gasteiger partial charge in [-0.3, -0.25) is 9.59 Å². The maximum Gasteiger partial charge on any atom is 0.259 e. The summed E-state index contributed by atoms with van der Waals surface area (Å²) in [5.41, 5.74) is 7.67. The average molecular weight is 475 g/mol. The molecule has 0 spiro atoms. The predicted molar refractivity (Wildman–Crippen MR) is 131 cm³/mol. The monoisotopic (exact) mass is 474 g/mol. The average Bonchev–Trinajstić information content (AvgIpc) is 3.22. The fourth-order valence-electron chi connectivity index (χ4n) is 2.94. The summed E-state index contributed by atoms with van der Waals surface area (Å²) >= 11 is 2.47. The van der Waals surface area contributed by atoms with Crippen LogP contribution < -0.4 is 16.4 Å². The number of rotatable bonds is 6. The predicted octanol–water partition coefficient (Wildman–Crippen LogP) is 4.52. The Morgan fingerprint density at radius 2 is 1.82 bits per heavy atom. The molecule has 33 heavy (non-hydrogen) atoms. The van der Waals surface area contributed by atoms with E-state index in [4.69, 9.17) is 5.73 Å². The van der Waals surface area contributed by atoms with Crippen LogP contribution in [0.5, 0.6) is 0 Å². The van der Waals surface area contributed by atoms with Gasteiger partial charge in [-0.1, -0.05) is 53.4 Å². The molecular weight excluding hydrogens is 456 g/mol. The van der Waals surface area contributed by atoms with Gasteiger partial charge in [-0.05, 0) is 37.3 Å². The molecule has 4 N–H and O–H groups in total. The van der Waals surface area contributed by atoms with Gasteiger partial charge < -0.3 is 16.4 Å². The van der Waals surface area contributed by atoms with E-state index in [9.17, 15) is 14.9 Å². The van der Waals surface area contributed by atoms with Crippen molar-refractivity contribution in [1.82, 2.24) is 9.97 Å². The van der Waals surface area contributed by atoms with Gasteiger partial charge in [0.1, 0.15) is 16.9 Å². The third-order valence-corrected chi connectivity index (χ3v) is 6.65. The number of fused-ring (bicyclic) bond motifs is 1. The molecule has 0 radical (unpaired) electrons. The number of hydrogen-bond acceptors (Lipinski definition) is 8. The zero-order chi connectivity index (χ0) is 23.4. The van der Waals surface area contributed by atoms with Crippen LogP contribution in [0.2, 0.25) is 0 Å². The first-order chi connectivity index (χ1) is 15.9. The molecule has 2 heterocycles. The van der Waals surface area contributed by atoms with Gasteiger partial charge in [0.2, 0.25) is 5.91 Å². The second kappa shape index (κ2) is 9.68. The highest BCUT2D eigenvalue weighted by Crippen LogP contribution is 2.30. The standard InChI is InChI=1S/C23H18N6O2S2/c1-13(20(30)29-23-27-17-9-5-6-10-18(17)33-23)32-22-14(12-24)11-16(19(25)28-22)21(31)26-15-7-3-2-4-8-15/h2-11,13H,1H3,(H2,25,28)(H,26,31)(H,27,29,30). The molecule has 10 heteroatoms. The van der Waals surface area contributed by atoms with E-state index in [-0.39, 0.29) is 27.9 Å². The van der Waals surface area contributed by atoms with Crippen LogP contribution in [0.25, 0.3) is 10.2 Å². The zero-order valence-electron chi connectivity index (χ0n) is 17.4. The number of benzene rings is 2. The number of nitriles is 1.